The Hall–Kier alpha value is -1.58. The minimum absolute atomic E-state index is 0.0467. The Morgan fingerprint density at radius 2 is 2.13 bits per heavy atom. The first-order valence-electron chi connectivity index (χ1n) is 4.70. The molecule has 0 bridgehead atoms. The van der Waals surface area contributed by atoms with Crippen LogP contribution >= 0.6 is 0 Å². The molecule has 0 fully saturated rings. The van der Waals surface area contributed by atoms with Gasteiger partial charge >= 0.3 is 5.97 Å². The lowest BCUT2D eigenvalue weighted by Crippen LogP contribution is -2.12. The van der Waals surface area contributed by atoms with Crippen LogP contribution in [-0.2, 0) is 14.4 Å². The van der Waals surface area contributed by atoms with Gasteiger partial charge in [0.1, 0.15) is 6.29 Å². The van der Waals surface area contributed by atoms with Gasteiger partial charge in [-0.05, 0) is 18.9 Å². The largest absolute Gasteiger partial charge is 0.344 e. The number of hydrogen-bond acceptors (Lipinski definition) is 4. The van der Waals surface area contributed by atoms with E-state index in [2.05, 4.69) is 16.9 Å². The maximum absolute atomic E-state index is 10.4. The first-order chi connectivity index (χ1) is 6.97. The molecule has 0 aliphatic rings. The van der Waals surface area contributed by atoms with Crippen molar-refractivity contribution in [3.05, 3.63) is 23.9 Å². The average molecular weight is 211 g/mol. The van der Waals surface area contributed by atoms with Gasteiger partial charge in [-0.2, -0.15) is 0 Å². The Balaban J connectivity index is 4.07. The molecule has 0 radical (unpaired) electrons. The number of hydroxylamine groups is 1. The fraction of sp³-hybridized carbons (Fsp3) is 0.455. The summed E-state index contributed by atoms with van der Waals surface area (Å²) in [5.41, 5.74) is 4.09. The Morgan fingerprint density at radius 3 is 2.60 bits per heavy atom. The molecular formula is C11H17NO3. The summed E-state index contributed by atoms with van der Waals surface area (Å²) in [4.78, 5) is 25.4. The van der Waals surface area contributed by atoms with Crippen molar-refractivity contribution in [1.82, 2.24) is 5.48 Å². The number of carbonyl (C=O) groups excluding carboxylic acids is 2. The molecular weight excluding hydrogens is 194 g/mol. The summed E-state index contributed by atoms with van der Waals surface area (Å²) in [5.74, 6) is -0.458. The van der Waals surface area contributed by atoms with Crippen LogP contribution < -0.4 is 5.48 Å². The minimum atomic E-state index is -0.411. The third kappa shape index (κ3) is 6.49. The zero-order valence-electron chi connectivity index (χ0n) is 9.37. The van der Waals surface area contributed by atoms with E-state index in [1.54, 1.807) is 6.20 Å². The van der Waals surface area contributed by atoms with E-state index in [0.29, 0.717) is 6.42 Å². The highest BCUT2D eigenvalue weighted by molar-refractivity contribution is 5.65. The molecule has 15 heavy (non-hydrogen) atoms. The summed E-state index contributed by atoms with van der Waals surface area (Å²) in [7, 11) is 0. The van der Waals surface area contributed by atoms with Crippen molar-refractivity contribution in [1.29, 1.82) is 0 Å². The molecule has 1 atom stereocenters. The van der Waals surface area contributed by atoms with Crippen molar-refractivity contribution in [3.63, 3.8) is 0 Å². The molecule has 4 heteroatoms. The van der Waals surface area contributed by atoms with Crippen LogP contribution in [0, 0.1) is 5.92 Å². The van der Waals surface area contributed by atoms with E-state index in [-0.39, 0.29) is 5.92 Å². The van der Waals surface area contributed by atoms with Gasteiger partial charge in [-0.15, -0.1) is 0 Å². The average Bonchev–Trinajstić information content (AvgIpc) is 2.16. The quantitative estimate of drug-likeness (QED) is 0.413. The summed E-state index contributed by atoms with van der Waals surface area (Å²) in [6.07, 6.45) is 3.03. The lowest BCUT2D eigenvalue weighted by atomic mass is 9.99. The summed E-state index contributed by atoms with van der Waals surface area (Å²) < 4.78 is 0. The fourth-order valence-corrected chi connectivity index (χ4v) is 0.901. The summed E-state index contributed by atoms with van der Waals surface area (Å²) >= 11 is 0. The third-order valence-electron chi connectivity index (χ3n) is 1.84. The SMILES string of the molecule is C=C(CC(C)C=O)/C(C)=C\NOC(C)=O. The normalized spacial score (nSPS) is 12.9. The van der Waals surface area contributed by atoms with Crippen LogP contribution in [0.4, 0.5) is 0 Å². The van der Waals surface area contributed by atoms with E-state index < -0.39 is 5.97 Å². The molecule has 4 nitrogen and oxygen atoms in total. The molecule has 0 aliphatic carbocycles. The molecule has 0 aliphatic heterocycles. The van der Waals surface area contributed by atoms with E-state index in [1.165, 1.54) is 6.92 Å². The molecule has 0 saturated carbocycles. The number of nitrogens with one attached hydrogen (secondary N) is 1. The fourth-order valence-electron chi connectivity index (χ4n) is 0.901. The van der Waals surface area contributed by atoms with Crippen molar-refractivity contribution < 1.29 is 14.4 Å². The molecule has 0 aromatic rings. The molecule has 0 aromatic carbocycles. The van der Waals surface area contributed by atoms with E-state index in [4.69, 9.17) is 0 Å². The first-order valence-corrected chi connectivity index (χ1v) is 4.70. The van der Waals surface area contributed by atoms with Crippen LogP contribution in [0.2, 0.25) is 0 Å². The minimum Gasteiger partial charge on any atom is -0.344 e. The van der Waals surface area contributed by atoms with Gasteiger partial charge in [0.15, 0.2) is 0 Å². The number of allylic oxidation sites excluding steroid dienone is 2. The highest BCUT2D eigenvalue weighted by Crippen LogP contribution is 2.15. The molecule has 0 spiro atoms. The van der Waals surface area contributed by atoms with E-state index in [9.17, 15) is 9.59 Å². The van der Waals surface area contributed by atoms with E-state index >= 15 is 0 Å². The predicted octanol–water partition coefficient (Wildman–Crippen LogP) is 1.74. The molecule has 0 rings (SSSR count). The Bertz CT molecular complexity index is 282. The van der Waals surface area contributed by atoms with Crippen LogP contribution in [0.3, 0.4) is 0 Å². The lowest BCUT2D eigenvalue weighted by molar-refractivity contribution is -0.146. The second kappa shape index (κ2) is 6.81. The van der Waals surface area contributed by atoms with Gasteiger partial charge < -0.3 is 9.63 Å². The van der Waals surface area contributed by atoms with Gasteiger partial charge in [-0.3, -0.25) is 4.79 Å². The molecule has 84 valence electrons. The van der Waals surface area contributed by atoms with Crippen LogP contribution in [0.1, 0.15) is 27.2 Å². The maximum Gasteiger partial charge on any atom is 0.329 e. The number of hydrogen-bond donors (Lipinski definition) is 1. The molecule has 0 aromatic heterocycles. The molecule has 0 amide bonds. The van der Waals surface area contributed by atoms with E-state index in [1.807, 2.05) is 13.8 Å². The smallest absolute Gasteiger partial charge is 0.329 e. The van der Waals surface area contributed by atoms with Gasteiger partial charge in [0.05, 0.1) is 0 Å². The second-order valence-corrected chi connectivity index (χ2v) is 3.46. The van der Waals surface area contributed by atoms with Gasteiger partial charge in [0.2, 0.25) is 0 Å². The zero-order valence-corrected chi connectivity index (χ0v) is 9.37. The summed E-state index contributed by atoms with van der Waals surface area (Å²) in [6.45, 7) is 8.79. The Morgan fingerprint density at radius 1 is 1.53 bits per heavy atom. The van der Waals surface area contributed by atoms with Crippen LogP contribution in [-0.4, -0.2) is 12.3 Å². The molecule has 1 N–H and O–H groups in total. The number of rotatable bonds is 6. The Kier molecular flexibility index (Phi) is 6.09. The topological polar surface area (TPSA) is 55.4 Å². The summed E-state index contributed by atoms with van der Waals surface area (Å²) in [6, 6.07) is 0. The molecule has 0 heterocycles. The Labute approximate surface area is 89.9 Å². The highest BCUT2D eigenvalue weighted by atomic mass is 16.7. The maximum atomic E-state index is 10.4. The van der Waals surface area contributed by atoms with Crippen LogP contribution in [0.5, 0.6) is 0 Å². The van der Waals surface area contributed by atoms with Crippen molar-refractivity contribution in [3.8, 4) is 0 Å². The zero-order chi connectivity index (χ0) is 11.8. The predicted molar refractivity (Wildman–Crippen MR) is 57.6 cm³/mol. The molecule has 1 unspecified atom stereocenters. The van der Waals surface area contributed by atoms with Gasteiger partial charge in [-0.1, -0.05) is 19.1 Å². The van der Waals surface area contributed by atoms with Crippen molar-refractivity contribution in [2.75, 3.05) is 0 Å². The standard InChI is InChI=1S/C11H17NO3/c1-8(7-13)5-9(2)10(3)6-12-15-11(4)14/h6-8,12H,2,5H2,1,3-4H3/b10-6-. The van der Waals surface area contributed by atoms with Crippen LogP contribution in [0.15, 0.2) is 23.9 Å². The third-order valence-corrected chi connectivity index (χ3v) is 1.84. The van der Waals surface area contributed by atoms with Crippen molar-refractivity contribution in [2.24, 2.45) is 5.92 Å². The first kappa shape index (κ1) is 13.4. The second-order valence-electron chi connectivity index (χ2n) is 3.46. The highest BCUT2D eigenvalue weighted by Gasteiger charge is 2.04. The van der Waals surface area contributed by atoms with Crippen LogP contribution in [0.25, 0.3) is 0 Å². The van der Waals surface area contributed by atoms with Crippen molar-refractivity contribution in [2.45, 2.75) is 27.2 Å². The van der Waals surface area contributed by atoms with Gasteiger partial charge in [0.25, 0.3) is 0 Å². The lowest BCUT2D eigenvalue weighted by Gasteiger charge is -2.08. The van der Waals surface area contributed by atoms with Gasteiger partial charge in [0, 0.05) is 19.0 Å². The van der Waals surface area contributed by atoms with Gasteiger partial charge in [-0.25, -0.2) is 5.48 Å². The van der Waals surface area contributed by atoms with E-state index in [0.717, 1.165) is 17.4 Å². The summed E-state index contributed by atoms with van der Waals surface area (Å²) in [5, 5.41) is 0. The number of carbonyl (C=O) groups is 2. The van der Waals surface area contributed by atoms with Crippen molar-refractivity contribution >= 4 is 12.3 Å². The number of aldehydes is 1. The molecule has 0 saturated heterocycles. The monoisotopic (exact) mass is 211 g/mol.